The second-order valence-corrected chi connectivity index (χ2v) is 4.76. The van der Waals surface area contributed by atoms with E-state index >= 15 is 0 Å². The Balaban J connectivity index is 0.00000361. The summed E-state index contributed by atoms with van der Waals surface area (Å²) in [6.45, 7) is 11.5. The number of nitrogens with one attached hydrogen (secondary N) is 1. The Labute approximate surface area is 138 Å². The second kappa shape index (κ2) is 9.63. The molecule has 0 heterocycles. The van der Waals surface area contributed by atoms with Crippen molar-refractivity contribution in [3.8, 4) is 5.75 Å². The van der Waals surface area contributed by atoms with Crippen LogP contribution in [0.25, 0.3) is 0 Å². The third-order valence-electron chi connectivity index (χ3n) is 2.39. The number of ether oxygens (including phenoxy) is 1. The third kappa shape index (κ3) is 8.04. The van der Waals surface area contributed by atoms with E-state index in [-0.39, 0.29) is 24.0 Å². The first-order valence-electron chi connectivity index (χ1n) is 6.36. The fraction of sp³-hybridized carbons (Fsp3) is 0.400. The van der Waals surface area contributed by atoms with Gasteiger partial charge in [0.2, 0.25) is 0 Å². The molecule has 1 aromatic rings. The Bertz CT molecular complexity index is 452. The standard InChI is InChI=1S/C15H23N3O.HI/c1-11(2)10-18-15(16)17-5-6-19-14-8-12(3)7-13(4)9-14;/h7-9H,1,5-6,10H2,2-4H3,(H3,16,17,18);1H. The molecule has 0 aliphatic carbocycles. The first kappa shape index (κ1) is 18.8. The summed E-state index contributed by atoms with van der Waals surface area (Å²) < 4.78 is 5.65. The lowest BCUT2D eigenvalue weighted by molar-refractivity contribution is 0.322. The van der Waals surface area contributed by atoms with Crippen LogP contribution in [0.3, 0.4) is 0 Å². The van der Waals surface area contributed by atoms with Crippen molar-refractivity contribution in [1.82, 2.24) is 5.32 Å². The number of nitrogens with zero attached hydrogens (tertiary/aromatic N) is 1. The summed E-state index contributed by atoms with van der Waals surface area (Å²) in [7, 11) is 0. The lowest BCUT2D eigenvalue weighted by Gasteiger charge is -2.09. The minimum atomic E-state index is 0. The molecule has 0 bridgehead atoms. The molecule has 5 heteroatoms. The normalized spacial score (nSPS) is 10.7. The zero-order valence-corrected chi connectivity index (χ0v) is 14.7. The molecule has 1 rings (SSSR count). The van der Waals surface area contributed by atoms with E-state index in [4.69, 9.17) is 10.5 Å². The number of rotatable bonds is 6. The molecule has 112 valence electrons. The molecular formula is C15H24IN3O. The fourth-order valence-electron chi connectivity index (χ4n) is 1.64. The van der Waals surface area contributed by atoms with E-state index in [1.165, 1.54) is 11.1 Å². The predicted molar refractivity (Wildman–Crippen MR) is 96.1 cm³/mol. The maximum atomic E-state index is 5.69. The Kier molecular flexibility index (Phi) is 9.03. The summed E-state index contributed by atoms with van der Waals surface area (Å²) in [4.78, 5) is 4.12. The molecule has 0 aliphatic heterocycles. The molecule has 0 aliphatic rings. The SMILES string of the molecule is C=C(C)CN=C(N)NCCOc1cc(C)cc(C)c1.I. The average Bonchev–Trinajstić information content (AvgIpc) is 2.31. The van der Waals surface area contributed by atoms with Gasteiger partial charge in [-0.05, 0) is 44.0 Å². The van der Waals surface area contributed by atoms with Crippen molar-refractivity contribution in [3.05, 3.63) is 41.5 Å². The van der Waals surface area contributed by atoms with Crippen molar-refractivity contribution < 1.29 is 4.74 Å². The molecule has 0 unspecified atom stereocenters. The van der Waals surface area contributed by atoms with Crippen LogP contribution in [0.15, 0.2) is 35.3 Å². The van der Waals surface area contributed by atoms with Crippen molar-refractivity contribution in [3.63, 3.8) is 0 Å². The van der Waals surface area contributed by atoms with Crippen LogP contribution in [-0.4, -0.2) is 25.7 Å². The van der Waals surface area contributed by atoms with Crippen molar-refractivity contribution in [2.24, 2.45) is 10.7 Å². The van der Waals surface area contributed by atoms with Crippen LogP contribution >= 0.6 is 24.0 Å². The maximum Gasteiger partial charge on any atom is 0.189 e. The molecule has 4 nitrogen and oxygen atoms in total. The average molecular weight is 389 g/mol. The van der Waals surface area contributed by atoms with E-state index in [9.17, 15) is 0 Å². The van der Waals surface area contributed by atoms with E-state index in [2.05, 4.69) is 36.8 Å². The molecule has 20 heavy (non-hydrogen) atoms. The van der Waals surface area contributed by atoms with Gasteiger partial charge >= 0.3 is 0 Å². The zero-order chi connectivity index (χ0) is 14.3. The highest BCUT2D eigenvalue weighted by Crippen LogP contribution is 2.15. The van der Waals surface area contributed by atoms with Gasteiger partial charge in [0.15, 0.2) is 5.96 Å². The van der Waals surface area contributed by atoms with Gasteiger partial charge in [-0.2, -0.15) is 0 Å². The monoisotopic (exact) mass is 389 g/mol. The maximum absolute atomic E-state index is 5.69. The highest BCUT2D eigenvalue weighted by atomic mass is 127. The number of guanidine groups is 1. The van der Waals surface area contributed by atoms with Gasteiger partial charge < -0.3 is 15.8 Å². The van der Waals surface area contributed by atoms with Gasteiger partial charge in [-0.25, -0.2) is 4.99 Å². The Morgan fingerprint density at radius 1 is 1.30 bits per heavy atom. The van der Waals surface area contributed by atoms with Crippen molar-refractivity contribution in [2.75, 3.05) is 19.7 Å². The summed E-state index contributed by atoms with van der Waals surface area (Å²) in [5, 5.41) is 3.00. The highest BCUT2D eigenvalue weighted by Gasteiger charge is 1.97. The van der Waals surface area contributed by atoms with Gasteiger partial charge in [-0.15, -0.1) is 24.0 Å². The Hall–Kier alpha value is -1.24. The van der Waals surface area contributed by atoms with Gasteiger partial charge in [0.1, 0.15) is 12.4 Å². The van der Waals surface area contributed by atoms with Crippen LogP contribution in [0.1, 0.15) is 18.1 Å². The van der Waals surface area contributed by atoms with Gasteiger partial charge in [-0.1, -0.05) is 18.2 Å². The number of benzene rings is 1. The molecule has 0 spiro atoms. The molecule has 0 amide bonds. The summed E-state index contributed by atoms with van der Waals surface area (Å²) in [6, 6.07) is 6.16. The van der Waals surface area contributed by atoms with Crippen LogP contribution < -0.4 is 15.8 Å². The summed E-state index contributed by atoms with van der Waals surface area (Å²) in [5.41, 5.74) is 9.07. The molecule has 0 atom stereocenters. The van der Waals surface area contributed by atoms with E-state index in [0.29, 0.717) is 25.7 Å². The summed E-state index contributed by atoms with van der Waals surface area (Å²) in [5.74, 6) is 1.31. The van der Waals surface area contributed by atoms with Crippen LogP contribution in [0.5, 0.6) is 5.75 Å². The molecule has 1 aromatic carbocycles. The van der Waals surface area contributed by atoms with E-state index in [1.54, 1.807) is 0 Å². The Morgan fingerprint density at radius 3 is 2.45 bits per heavy atom. The topological polar surface area (TPSA) is 59.6 Å². The molecule has 0 fully saturated rings. The number of hydrogen-bond acceptors (Lipinski definition) is 2. The van der Waals surface area contributed by atoms with Crippen LogP contribution in [0.4, 0.5) is 0 Å². The van der Waals surface area contributed by atoms with Gasteiger partial charge in [0, 0.05) is 0 Å². The van der Waals surface area contributed by atoms with Crippen LogP contribution in [-0.2, 0) is 0 Å². The minimum absolute atomic E-state index is 0. The smallest absolute Gasteiger partial charge is 0.189 e. The van der Waals surface area contributed by atoms with Crippen molar-refractivity contribution in [2.45, 2.75) is 20.8 Å². The van der Waals surface area contributed by atoms with Gasteiger partial charge in [0.25, 0.3) is 0 Å². The van der Waals surface area contributed by atoms with Crippen LogP contribution in [0, 0.1) is 13.8 Å². The first-order chi connectivity index (χ1) is 8.97. The molecule has 0 aromatic heterocycles. The molecule has 0 saturated carbocycles. The van der Waals surface area contributed by atoms with E-state index < -0.39 is 0 Å². The molecule has 0 saturated heterocycles. The fourth-order valence-corrected chi connectivity index (χ4v) is 1.64. The largest absolute Gasteiger partial charge is 0.492 e. The third-order valence-corrected chi connectivity index (χ3v) is 2.39. The number of aliphatic imine (C=N–C) groups is 1. The van der Waals surface area contributed by atoms with Crippen LogP contribution in [0.2, 0.25) is 0 Å². The van der Waals surface area contributed by atoms with Crippen molar-refractivity contribution >= 4 is 29.9 Å². The number of hydrogen-bond donors (Lipinski definition) is 2. The second-order valence-electron chi connectivity index (χ2n) is 4.76. The number of aryl methyl sites for hydroxylation is 2. The number of halogens is 1. The van der Waals surface area contributed by atoms with Gasteiger partial charge in [0.05, 0.1) is 13.1 Å². The lowest BCUT2D eigenvalue weighted by atomic mass is 10.1. The van der Waals surface area contributed by atoms with Crippen molar-refractivity contribution in [1.29, 1.82) is 0 Å². The summed E-state index contributed by atoms with van der Waals surface area (Å²) >= 11 is 0. The van der Waals surface area contributed by atoms with Gasteiger partial charge in [-0.3, -0.25) is 0 Å². The first-order valence-corrected chi connectivity index (χ1v) is 6.36. The van der Waals surface area contributed by atoms with E-state index in [1.807, 2.05) is 19.1 Å². The Morgan fingerprint density at radius 2 is 1.90 bits per heavy atom. The molecule has 3 N–H and O–H groups in total. The number of nitrogens with two attached hydrogens (primary N) is 1. The minimum Gasteiger partial charge on any atom is -0.492 e. The zero-order valence-electron chi connectivity index (χ0n) is 12.4. The molecular weight excluding hydrogens is 365 g/mol. The highest BCUT2D eigenvalue weighted by molar-refractivity contribution is 14.0. The lowest BCUT2D eigenvalue weighted by Crippen LogP contribution is -2.34. The van der Waals surface area contributed by atoms with E-state index in [0.717, 1.165) is 11.3 Å². The molecule has 0 radical (unpaired) electrons. The predicted octanol–water partition coefficient (Wildman–Crippen LogP) is 2.78. The quantitative estimate of drug-likeness (QED) is 0.259. The summed E-state index contributed by atoms with van der Waals surface area (Å²) in [6.07, 6.45) is 0.